The third-order valence-electron chi connectivity index (χ3n) is 2.56. The van der Waals surface area contributed by atoms with Gasteiger partial charge in [-0.1, -0.05) is 18.2 Å². The van der Waals surface area contributed by atoms with E-state index in [2.05, 4.69) is 9.97 Å². The number of hydrogen-bond donors (Lipinski definition) is 1. The molecule has 0 amide bonds. The van der Waals surface area contributed by atoms with Gasteiger partial charge in [-0.15, -0.1) is 0 Å². The fourth-order valence-corrected chi connectivity index (χ4v) is 1.79. The van der Waals surface area contributed by atoms with Crippen LogP contribution >= 0.6 is 0 Å². The number of nitrogens with zero attached hydrogens (tertiary/aromatic N) is 2. The number of aromatic nitrogens is 2. The maximum absolute atomic E-state index is 13.0. The number of alkyl halides is 3. The van der Waals surface area contributed by atoms with Gasteiger partial charge in [-0.3, -0.25) is 0 Å². The molecule has 1 aromatic carbocycles. The molecule has 0 radical (unpaired) electrons. The first kappa shape index (κ1) is 14.3. The number of methoxy groups -OCH3 is 1. The number of rotatable bonds is 3. The minimum Gasteiger partial charge on any atom is -0.384 e. The lowest BCUT2D eigenvalue weighted by atomic mass is 10.1. The summed E-state index contributed by atoms with van der Waals surface area (Å²) >= 11 is 0. The Kier molecular flexibility index (Phi) is 3.89. The fraction of sp³-hybridized carbons (Fsp3) is 0.231. The summed E-state index contributed by atoms with van der Waals surface area (Å²) in [4.78, 5) is 7.92. The highest BCUT2D eigenvalue weighted by Gasteiger charge is 2.34. The summed E-state index contributed by atoms with van der Waals surface area (Å²) in [7, 11) is 1.46. The highest BCUT2D eigenvalue weighted by molar-refractivity contribution is 5.62. The predicted molar refractivity (Wildman–Crippen MR) is 67.6 cm³/mol. The van der Waals surface area contributed by atoms with E-state index in [1.165, 1.54) is 31.4 Å². The molecule has 20 heavy (non-hydrogen) atoms. The van der Waals surface area contributed by atoms with Crippen LogP contribution in [0.1, 0.15) is 11.3 Å². The molecule has 0 unspecified atom stereocenters. The molecule has 0 aliphatic rings. The molecule has 0 fully saturated rings. The molecule has 0 saturated carbocycles. The topological polar surface area (TPSA) is 61.0 Å². The SMILES string of the molecule is COCc1cc(N)nc(-c2ccccc2C(F)(F)F)n1. The van der Waals surface area contributed by atoms with Crippen molar-refractivity contribution in [2.24, 2.45) is 0 Å². The normalized spacial score (nSPS) is 11.6. The van der Waals surface area contributed by atoms with E-state index in [0.717, 1.165) is 6.07 Å². The van der Waals surface area contributed by atoms with Gasteiger partial charge in [0.25, 0.3) is 0 Å². The van der Waals surface area contributed by atoms with Gasteiger partial charge in [-0.05, 0) is 6.07 Å². The first-order valence-corrected chi connectivity index (χ1v) is 5.71. The van der Waals surface area contributed by atoms with E-state index in [1.807, 2.05) is 0 Å². The van der Waals surface area contributed by atoms with Crippen LogP contribution in [0.5, 0.6) is 0 Å². The lowest BCUT2D eigenvalue weighted by Gasteiger charge is -2.12. The van der Waals surface area contributed by atoms with Crippen molar-refractivity contribution in [3.8, 4) is 11.4 Å². The first-order chi connectivity index (χ1) is 9.41. The molecular weight excluding hydrogens is 271 g/mol. The van der Waals surface area contributed by atoms with Gasteiger partial charge >= 0.3 is 6.18 Å². The average molecular weight is 283 g/mol. The van der Waals surface area contributed by atoms with E-state index in [-0.39, 0.29) is 23.8 Å². The van der Waals surface area contributed by atoms with Crippen LogP contribution in [0.3, 0.4) is 0 Å². The Hall–Kier alpha value is -2.15. The Balaban J connectivity index is 2.57. The fourth-order valence-electron chi connectivity index (χ4n) is 1.79. The summed E-state index contributed by atoms with van der Waals surface area (Å²) in [6.45, 7) is 0.147. The van der Waals surface area contributed by atoms with Crippen LogP contribution in [-0.2, 0) is 17.5 Å². The van der Waals surface area contributed by atoms with Gasteiger partial charge in [0.1, 0.15) is 5.82 Å². The second kappa shape index (κ2) is 5.46. The van der Waals surface area contributed by atoms with Crippen molar-refractivity contribution in [3.63, 3.8) is 0 Å². The van der Waals surface area contributed by atoms with Gasteiger partial charge in [-0.2, -0.15) is 13.2 Å². The van der Waals surface area contributed by atoms with Crippen LogP contribution in [0.4, 0.5) is 19.0 Å². The largest absolute Gasteiger partial charge is 0.417 e. The molecule has 0 saturated heterocycles. The summed E-state index contributed by atoms with van der Waals surface area (Å²) < 4.78 is 43.8. The van der Waals surface area contributed by atoms with E-state index in [9.17, 15) is 13.2 Å². The Labute approximate surface area is 113 Å². The molecular formula is C13H12F3N3O. The zero-order chi connectivity index (χ0) is 14.8. The Morgan fingerprint density at radius 2 is 1.90 bits per heavy atom. The van der Waals surface area contributed by atoms with Crippen molar-refractivity contribution in [1.29, 1.82) is 0 Å². The van der Waals surface area contributed by atoms with Gasteiger partial charge < -0.3 is 10.5 Å². The zero-order valence-corrected chi connectivity index (χ0v) is 10.6. The van der Waals surface area contributed by atoms with Crippen molar-refractivity contribution in [2.75, 3.05) is 12.8 Å². The molecule has 0 atom stereocenters. The molecule has 7 heteroatoms. The van der Waals surface area contributed by atoms with E-state index >= 15 is 0 Å². The Morgan fingerprint density at radius 3 is 2.55 bits per heavy atom. The minimum absolute atomic E-state index is 0.0648. The number of benzene rings is 1. The quantitative estimate of drug-likeness (QED) is 0.940. The summed E-state index contributed by atoms with van der Waals surface area (Å²) in [5.41, 5.74) is 5.12. The maximum atomic E-state index is 13.0. The van der Waals surface area contributed by atoms with E-state index in [4.69, 9.17) is 10.5 Å². The first-order valence-electron chi connectivity index (χ1n) is 5.71. The highest BCUT2D eigenvalue weighted by Crippen LogP contribution is 2.35. The van der Waals surface area contributed by atoms with Crippen LogP contribution in [-0.4, -0.2) is 17.1 Å². The van der Waals surface area contributed by atoms with Crippen molar-refractivity contribution in [3.05, 3.63) is 41.6 Å². The number of anilines is 1. The monoisotopic (exact) mass is 283 g/mol. The average Bonchev–Trinajstić information content (AvgIpc) is 2.37. The van der Waals surface area contributed by atoms with E-state index in [0.29, 0.717) is 5.69 Å². The third-order valence-corrected chi connectivity index (χ3v) is 2.56. The highest BCUT2D eigenvalue weighted by atomic mass is 19.4. The molecule has 2 aromatic rings. The van der Waals surface area contributed by atoms with Crippen LogP contribution in [0.25, 0.3) is 11.4 Å². The number of nitrogens with two attached hydrogens (primary N) is 1. The van der Waals surface area contributed by atoms with Crippen molar-refractivity contribution in [1.82, 2.24) is 9.97 Å². The molecule has 0 aliphatic carbocycles. The molecule has 0 spiro atoms. The third kappa shape index (κ3) is 3.05. The van der Waals surface area contributed by atoms with Crippen molar-refractivity contribution < 1.29 is 17.9 Å². The number of halogens is 3. The molecule has 4 nitrogen and oxygen atoms in total. The standard InChI is InChI=1S/C13H12F3N3O/c1-20-7-8-6-11(17)19-12(18-8)9-4-2-3-5-10(9)13(14,15)16/h2-6H,7H2,1H3,(H2,17,18,19). The molecule has 2 N–H and O–H groups in total. The van der Waals surface area contributed by atoms with E-state index in [1.54, 1.807) is 0 Å². The lowest BCUT2D eigenvalue weighted by molar-refractivity contribution is -0.137. The van der Waals surface area contributed by atoms with Crippen LogP contribution in [0.2, 0.25) is 0 Å². The van der Waals surface area contributed by atoms with Gasteiger partial charge in [0.15, 0.2) is 5.82 Å². The molecule has 2 rings (SSSR count). The van der Waals surface area contributed by atoms with Crippen LogP contribution in [0.15, 0.2) is 30.3 Å². The smallest absolute Gasteiger partial charge is 0.384 e. The zero-order valence-electron chi connectivity index (χ0n) is 10.6. The predicted octanol–water partition coefficient (Wildman–Crippen LogP) is 2.89. The second-order valence-corrected chi connectivity index (χ2v) is 4.08. The van der Waals surface area contributed by atoms with Crippen LogP contribution in [0, 0.1) is 0 Å². The molecule has 106 valence electrons. The number of ether oxygens (including phenoxy) is 1. The number of hydrogen-bond acceptors (Lipinski definition) is 4. The molecule has 0 bridgehead atoms. The second-order valence-electron chi connectivity index (χ2n) is 4.08. The van der Waals surface area contributed by atoms with Gasteiger partial charge in [-0.25, -0.2) is 9.97 Å². The summed E-state index contributed by atoms with van der Waals surface area (Å²) in [6.07, 6.45) is -4.48. The van der Waals surface area contributed by atoms with E-state index < -0.39 is 11.7 Å². The van der Waals surface area contributed by atoms with Gasteiger partial charge in [0.05, 0.1) is 17.9 Å². The van der Waals surface area contributed by atoms with Crippen LogP contribution < -0.4 is 5.73 Å². The molecule has 1 aromatic heterocycles. The maximum Gasteiger partial charge on any atom is 0.417 e. The van der Waals surface area contributed by atoms with Gasteiger partial charge in [0, 0.05) is 18.7 Å². The Bertz CT molecular complexity index is 614. The van der Waals surface area contributed by atoms with Crippen molar-refractivity contribution >= 4 is 5.82 Å². The summed E-state index contributed by atoms with van der Waals surface area (Å²) in [6, 6.07) is 6.57. The molecule has 1 heterocycles. The number of nitrogen functional groups attached to an aromatic ring is 1. The minimum atomic E-state index is -4.48. The summed E-state index contributed by atoms with van der Waals surface area (Å²) in [5, 5.41) is 0. The molecule has 0 aliphatic heterocycles. The summed E-state index contributed by atoms with van der Waals surface area (Å²) in [5.74, 6) is 0.0315. The Morgan fingerprint density at radius 1 is 1.20 bits per heavy atom. The van der Waals surface area contributed by atoms with Crippen molar-refractivity contribution in [2.45, 2.75) is 12.8 Å². The lowest BCUT2D eigenvalue weighted by Crippen LogP contribution is -2.09. The van der Waals surface area contributed by atoms with Gasteiger partial charge in [0.2, 0.25) is 0 Å².